The molecule has 1 aliphatic carbocycles. The maximum absolute atomic E-state index is 10.9. The molecule has 2 N–H and O–H groups in total. The van der Waals surface area contributed by atoms with Gasteiger partial charge in [-0.25, -0.2) is 9.78 Å². The van der Waals surface area contributed by atoms with E-state index in [-0.39, 0.29) is 6.61 Å². The van der Waals surface area contributed by atoms with Crippen molar-refractivity contribution in [1.29, 1.82) is 0 Å². The Hall–Kier alpha value is -0.500. The number of carboxylic acid groups (broad SMARTS) is 1. The number of halogens is 1. The van der Waals surface area contributed by atoms with Gasteiger partial charge in [0.25, 0.3) is 0 Å². The monoisotopic (exact) mass is 346 g/mol. The number of aliphatic carboxylic acids is 1. The van der Waals surface area contributed by atoms with Gasteiger partial charge in [-0.2, -0.15) is 0 Å². The van der Waals surface area contributed by atoms with Crippen molar-refractivity contribution in [2.45, 2.75) is 30.9 Å². The lowest BCUT2D eigenvalue weighted by atomic mass is 9.76. The average Bonchev–Trinajstić information content (AvgIpc) is 2.98. The van der Waals surface area contributed by atoms with E-state index in [0.29, 0.717) is 12.0 Å². The van der Waals surface area contributed by atoms with Crippen LogP contribution in [0.25, 0.3) is 0 Å². The first kappa shape index (κ1) is 13.5. The lowest BCUT2D eigenvalue weighted by molar-refractivity contribution is -0.158. The number of hydrogen-bond acceptors (Lipinski definition) is 5. The number of carbonyl (C=O) groups is 1. The van der Waals surface area contributed by atoms with Crippen LogP contribution >= 0.6 is 27.3 Å². The first-order valence-electron chi connectivity index (χ1n) is 6.31. The summed E-state index contributed by atoms with van der Waals surface area (Å²) in [4.78, 5) is 15.3. The third-order valence-corrected chi connectivity index (χ3v) is 5.75. The topological polar surface area (TPSA) is 71.5 Å². The number of hydrogen-bond donors (Lipinski definition) is 2. The van der Waals surface area contributed by atoms with Crippen molar-refractivity contribution in [3.63, 3.8) is 0 Å². The molecule has 0 aromatic carbocycles. The minimum Gasteiger partial charge on any atom is -0.480 e. The van der Waals surface area contributed by atoms with Crippen LogP contribution in [0, 0.1) is 5.92 Å². The number of nitrogens with zero attached hydrogens (tertiary/aromatic N) is 1. The van der Waals surface area contributed by atoms with Gasteiger partial charge in [0.1, 0.15) is 21.8 Å². The minimum absolute atomic E-state index is 0.266. The van der Waals surface area contributed by atoms with Crippen molar-refractivity contribution in [3.8, 4) is 0 Å². The van der Waals surface area contributed by atoms with Crippen molar-refractivity contribution >= 4 is 33.2 Å². The van der Waals surface area contributed by atoms with Crippen LogP contribution in [0.1, 0.15) is 24.3 Å². The van der Waals surface area contributed by atoms with Gasteiger partial charge >= 0.3 is 5.97 Å². The SMILES string of the molecule is O=C(O)COC1(c2nc(Br)cs2)CCC2CC1CN2. The standard InChI is InChI=1S/C12H15BrN2O3S/c13-9-6-19-11(15-9)12(18-5-10(16)17)2-1-8-3-7(12)4-14-8/h6-8,14H,1-5H2,(H,16,17). The molecule has 19 heavy (non-hydrogen) atoms. The van der Waals surface area contributed by atoms with Gasteiger partial charge in [-0.1, -0.05) is 0 Å². The summed E-state index contributed by atoms with van der Waals surface area (Å²) in [7, 11) is 0. The Bertz CT molecular complexity index is 495. The Kier molecular flexibility index (Phi) is 3.63. The molecule has 2 fully saturated rings. The van der Waals surface area contributed by atoms with Gasteiger partial charge in [-0.05, 0) is 35.2 Å². The van der Waals surface area contributed by atoms with Crippen molar-refractivity contribution < 1.29 is 14.6 Å². The molecule has 2 heterocycles. The zero-order valence-corrected chi connectivity index (χ0v) is 12.7. The van der Waals surface area contributed by atoms with Gasteiger partial charge in [0.05, 0.1) is 0 Å². The van der Waals surface area contributed by atoms with Gasteiger partial charge in [0, 0.05) is 23.9 Å². The van der Waals surface area contributed by atoms with Gasteiger partial charge in [0.15, 0.2) is 0 Å². The van der Waals surface area contributed by atoms with E-state index in [9.17, 15) is 4.79 Å². The van der Waals surface area contributed by atoms with E-state index in [1.807, 2.05) is 5.38 Å². The molecule has 5 nitrogen and oxygen atoms in total. The van der Waals surface area contributed by atoms with Crippen LogP contribution in [-0.4, -0.2) is 35.3 Å². The van der Waals surface area contributed by atoms with Crippen molar-refractivity contribution in [2.24, 2.45) is 5.92 Å². The molecule has 1 saturated carbocycles. The van der Waals surface area contributed by atoms with E-state index >= 15 is 0 Å². The van der Waals surface area contributed by atoms with Crippen molar-refractivity contribution in [2.75, 3.05) is 13.2 Å². The van der Waals surface area contributed by atoms with Crippen LogP contribution in [0.3, 0.4) is 0 Å². The Morgan fingerprint density at radius 1 is 1.74 bits per heavy atom. The Labute approximate surface area is 123 Å². The fourth-order valence-corrected chi connectivity index (χ4v) is 4.67. The Morgan fingerprint density at radius 2 is 2.58 bits per heavy atom. The largest absolute Gasteiger partial charge is 0.480 e. The summed E-state index contributed by atoms with van der Waals surface area (Å²) in [5.41, 5.74) is -0.533. The molecule has 7 heteroatoms. The van der Waals surface area contributed by atoms with E-state index in [0.717, 1.165) is 35.4 Å². The predicted octanol–water partition coefficient (Wildman–Crippen LogP) is 1.97. The number of fused-ring (bicyclic) bond motifs is 2. The summed E-state index contributed by atoms with van der Waals surface area (Å²) in [5.74, 6) is -0.619. The van der Waals surface area contributed by atoms with Crippen molar-refractivity contribution in [1.82, 2.24) is 10.3 Å². The van der Waals surface area contributed by atoms with E-state index < -0.39 is 11.6 Å². The third-order valence-electron chi connectivity index (χ3n) is 4.04. The summed E-state index contributed by atoms with van der Waals surface area (Å²) in [6, 6.07) is 0.551. The zero-order chi connectivity index (χ0) is 13.5. The molecule has 104 valence electrons. The molecular weight excluding hydrogens is 332 g/mol. The highest BCUT2D eigenvalue weighted by molar-refractivity contribution is 9.10. The molecule has 2 aliphatic rings. The summed E-state index contributed by atoms with van der Waals surface area (Å²) in [6.07, 6.45) is 2.88. The Morgan fingerprint density at radius 3 is 3.26 bits per heavy atom. The fourth-order valence-electron chi connectivity index (χ4n) is 3.16. The molecule has 2 bridgehead atoms. The zero-order valence-electron chi connectivity index (χ0n) is 10.3. The molecule has 3 rings (SSSR count). The number of rotatable bonds is 4. The lowest BCUT2D eigenvalue weighted by Gasteiger charge is -2.39. The van der Waals surface area contributed by atoms with Gasteiger partial charge in [-0.15, -0.1) is 11.3 Å². The second-order valence-electron chi connectivity index (χ2n) is 5.12. The molecule has 0 radical (unpaired) electrons. The van der Waals surface area contributed by atoms with Crippen LogP contribution in [0.15, 0.2) is 9.98 Å². The highest BCUT2D eigenvalue weighted by atomic mass is 79.9. The molecule has 1 aromatic heterocycles. The highest BCUT2D eigenvalue weighted by Gasteiger charge is 2.51. The molecule has 3 atom stereocenters. The molecule has 0 amide bonds. The van der Waals surface area contributed by atoms with Gasteiger partial charge in [0.2, 0.25) is 0 Å². The van der Waals surface area contributed by atoms with E-state index in [4.69, 9.17) is 9.84 Å². The Balaban J connectivity index is 1.92. The molecule has 3 unspecified atom stereocenters. The maximum atomic E-state index is 10.9. The third kappa shape index (κ3) is 2.44. The quantitative estimate of drug-likeness (QED) is 0.872. The molecule has 1 aromatic rings. The van der Waals surface area contributed by atoms with Crippen LogP contribution < -0.4 is 5.32 Å². The number of nitrogens with one attached hydrogen (secondary N) is 1. The molecule has 1 saturated heterocycles. The molecule has 1 aliphatic heterocycles. The summed E-state index contributed by atoms with van der Waals surface area (Å²) >= 11 is 4.91. The van der Waals surface area contributed by atoms with Gasteiger partial charge in [-0.3, -0.25) is 0 Å². The number of ether oxygens (including phenoxy) is 1. The normalized spacial score (nSPS) is 33.5. The number of thiazole rings is 1. The van der Waals surface area contributed by atoms with Crippen LogP contribution in [0.4, 0.5) is 0 Å². The molecule has 0 spiro atoms. The second kappa shape index (κ2) is 5.12. The van der Waals surface area contributed by atoms with Crippen LogP contribution in [0.2, 0.25) is 0 Å². The first-order chi connectivity index (χ1) is 9.10. The summed E-state index contributed by atoms with van der Waals surface area (Å²) in [6.45, 7) is 0.611. The lowest BCUT2D eigenvalue weighted by Crippen LogP contribution is -2.42. The fraction of sp³-hybridized carbons (Fsp3) is 0.667. The van der Waals surface area contributed by atoms with Crippen LogP contribution in [-0.2, 0) is 15.1 Å². The number of carboxylic acids is 1. The van der Waals surface area contributed by atoms with Gasteiger partial charge < -0.3 is 15.2 Å². The van der Waals surface area contributed by atoms with E-state index in [1.165, 1.54) is 0 Å². The van der Waals surface area contributed by atoms with E-state index in [2.05, 4.69) is 26.2 Å². The minimum atomic E-state index is -0.928. The molecular formula is C12H15BrN2O3S. The first-order valence-corrected chi connectivity index (χ1v) is 7.98. The maximum Gasteiger partial charge on any atom is 0.329 e. The predicted molar refractivity (Wildman–Crippen MR) is 74.2 cm³/mol. The summed E-state index contributed by atoms with van der Waals surface area (Å²) < 4.78 is 6.64. The van der Waals surface area contributed by atoms with Crippen LogP contribution in [0.5, 0.6) is 0 Å². The highest BCUT2D eigenvalue weighted by Crippen LogP contribution is 2.48. The van der Waals surface area contributed by atoms with E-state index in [1.54, 1.807) is 11.3 Å². The summed E-state index contributed by atoms with van der Waals surface area (Å²) in [5, 5.41) is 15.2. The smallest absolute Gasteiger partial charge is 0.329 e. The number of aromatic nitrogens is 1. The van der Waals surface area contributed by atoms with Crippen molar-refractivity contribution in [3.05, 3.63) is 15.0 Å². The second-order valence-corrected chi connectivity index (χ2v) is 6.79. The average molecular weight is 347 g/mol.